The third kappa shape index (κ3) is 4.45. The lowest BCUT2D eigenvalue weighted by atomic mass is 10.1. The van der Waals surface area contributed by atoms with Crippen LogP contribution in [0.2, 0.25) is 0 Å². The Hall–Kier alpha value is -3.35. The Morgan fingerprint density at radius 2 is 2.10 bits per heavy atom. The second kappa shape index (κ2) is 8.57. The molecule has 7 nitrogen and oxygen atoms in total. The number of hydrogen-bond acceptors (Lipinski definition) is 5. The van der Waals surface area contributed by atoms with Crippen LogP contribution >= 0.6 is 0 Å². The summed E-state index contributed by atoms with van der Waals surface area (Å²) in [4.78, 5) is 17.0. The highest BCUT2D eigenvalue weighted by Crippen LogP contribution is 2.39. The van der Waals surface area contributed by atoms with Gasteiger partial charge in [-0.15, -0.1) is 0 Å². The van der Waals surface area contributed by atoms with Crippen molar-refractivity contribution in [2.24, 2.45) is 7.05 Å². The Balaban J connectivity index is 1.43. The van der Waals surface area contributed by atoms with Gasteiger partial charge in [-0.05, 0) is 38.0 Å². The molecule has 3 aromatic rings. The van der Waals surface area contributed by atoms with Gasteiger partial charge in [-0.25, -0.2) is 0 Å². The molecule has 0 radical (unpaired) electrons. The number of benzene rings is 1. The standard InChI is InChI=1S/C23H26N4O3/c1-15-7-8-16(12-24-15)14-30-21-6-4-5-18(22(21)29-3)13-25-23(28)20-11-19(17-9-10-17)26-27(20)2/h4-8,11-12,17H,9-10,13-14H2,1-3H3,(H,25,28). The minimum absolute atomic E-state index is 0.156. The van der Waals surface area contributed by atoms with Crippen LogP contribution in [0.4, 0.5) is 0 Å². The molecule has 0 unspecified atom stereocenters. The molecule has 2 aromatic heterocycles. The number of aromatic nitrogens is 3. The average molecular weight is 406 g/mol. The Labute approximate surface area is 176 Å². The lowest BCUT2D eigenvalue weighted by molar-refractivity contribution is 0.0941. The zero-order valence-corrected chi connectivity index (χ0v) is 17.5. The van der Waals surface area contributed by atoms with E-state index in [0.29, 0.717) is 36.3 Å². The highest BCUT2D eigenvalue weighted by molar-refractivity contribution is 5.92. The summed E-state index contributed by atoms with van der Waals surface area (Å²) in [6.07, 6.45) is 4.11. The SMILES string of the molecule is COc1c(CNC(=O)c2cc(C3CC3)nn2C)cccc1OCc1ccc(C)nc1. The van der Waals surface area contributed by atoms with Crippen LogP contribution in [0.1, 0.15) is 51.8 Å². The summed E-state index contributed by atoms with van der Waals surface area (Å²) in [6.45, 7) is 2.66. The van der Waals surface area contributed by atoms with Crippen LogP contribution in [0.5, 0.6) is 11.5 Å². The fourth-order valence-corrected chi connectivity index (χ4v) is 3.34. The summed E-state index contributed by atoms with van der Waals surface area (Å²) >= 11 is 0. The van der Waals surface area contributed by atoms with Crippen LogP contribution in [-0.2, 0) is 20.2 Å². The van der Waals surface area contributed by atoms with E-state index in [0.717, 1.165) is 35.4 Å². The highest BCUT2D eigenvalue weighted by atomic mass is 16.5. The van der Waals surface area contributed by atoms with Gasteiger partial charge >= 0.3 is 0 Å². The molecule has 2 heterocycles. The molecule has 0 atom stereocenters. The molecule has 1 aromatic carbocycles. The van der Waals surface area contributed by atoms with E-state index in [1.165, 1.54) is 0 Å². The van der Waals surface area contributed by atoms with Crippen LogP contribution in [0.3, 0.4) is 0 Å². The van der Waals surface area contributed by atoms with Gasteiger partial charge in [0.1, 0.15) is 12.3 Å². The van der Waals surface area contributed by atoms with Crippen molar-refractivity contribution < 1.29 is 14.3 Å². The molecule has 1 aliphatic rings. The number of hydrogen-bond donors (Lipinski definition) is 1. The monoisotopic (exact) mass is 406 g/mol. The van der Waals surface area contributed by atoms with Crippen LogP contribution in [0.15, 0.2) is 42.6 Å². The van der Waals surface area contributed by atoms with Gasteiger partial charge in [0.2, 0.25) is 0 Å². The molecule has 4 rings (SSSR count). The maximum atomic E-state index is 12.7. The number of carbonyl (C=O) groups is 1. The van der Waals surface area contributed by atoms with E-state index in [1.54, 1.807) is 25.0 Å². The van der Waals surface area contributed by atoms with Gasteiger partial charge in [0.15, 0.2) is 11.5 Å². The molecule has 1 amide bonds. The van der Waals surface area contributed by atoms with Crippen LogP contribution in [-0.4, -0.2) is 27.8 Å². The van der Waals surface area contributed by atoms with Crippen LogP contribution in [0, 0.1) is 6.92 Å². The number of carbonyl (C=O) groups excluding carboxylic acids is 1. The molecule has 0 saturated heterocycles. The molecule has 7 heteroatoms. The van der Waals surface area contributed by atoms with Gasteiger partial charge < -0.3 is 14.8 Å². The van der Waals surface area contributed by atoms with Gasteiger partial charge in [-0.1, -0.05) is 18.2 Å². The predicted octanol–water partition coefficient (Wildman–Crippen LogP) is 3.52. The van der Waals surface area contributed by atoms with Crippen LogP contribution < -0.4 is 14.8 Å². The highest BCUT2D eigenvalue weighted by Gasteiger charge is 2.28. The van der Waals surface area contributed by atoms with Crippen molar-refractivity contribution in [1.29, 1.82) is 0 Å². The topological polar surface area (TPSA) is 78.3 Å². The second-order valence-electron chi connectivity index (χ2n) is 7.58. The predicted molar refractivity (Wildman–Crippen MR) is 113 cm³/mol. The lowest BCUT2D eigenvalue weighted by Crippen LogP contribution is -2.25. The van der Waals surface area contributed by atoms with E-state index < -0.39 is 0 Å². The van der Waals surface area contributed by atoms with E-state index in [1.807, 2.05) is 43.3 Å². The van der Waals surface area contributed by atoms with Crippen molar-refractivity contribution in [2.45, 2.75) is 38.8 Å². The Morgan fingerprint density at radius 3 is 2.80 bits per heavy atom. The summed E-state index contributed by atoms with van der Waals surface area (Å²) in [5.74, 6) is 1.59. The summed E-state index contributed by atoms with van der Waals surface area (Å²) in [5, 5.41) is 7.43. The third-order valence-electron chi connectivity index (χ3n) is 5.20. The lowest BCUT2D eigenvalue weighted by Gasteiger charge is -2.15. The van der Waals surface area contributed by atoms with Gasteiger partial charge in [-0.3, -0.25) is 14.5 Å². The molecule has 1 saturated carbocycles. The van der Waals surface area contributed by atoms with E-state index >= 15 is 0 Å². The first kappa shape index (κ1) is 19.9. The third-order valence-corrected chi connectivity index (χ3v) is 5.20. The fourth-order valence-electron chi connectivity index (χ4n) is 3.34. The number of para-hydroxylation sites is 1. The average Bonchev–Trinajstić information content (AvgIpc) is 3.53. The maximum Gasteiger partial charge on any atom is 0.269 e. The minimum Gasteiger partial charge on any atom is -0.493 e. The summed E-state index contributed by atoms with van der Waals surface area (Å²) < 4.78 is 13.2. The summed E-state index contributed by atoms with van der Waals surface area (Å²) in [7, 11) is 3.40. The number of nitrogens with zero attached hydrogens (tertiary/aromatic N) is 3. The maximum absolute atomic E-state index is 12.7. The normalized spacial score (nSPS) is 13.2. The van der Waals surface area contributed by atoms with Crippen LogP contribution in [0.25, 0.3) is 0 Å². The number of ether oxygens (including phenoxy) is 2. The molecule has 1 aliphatic carbocycles. The number of amides is 1. The Kier molecular flexibility index (Phi) is 5.70. The smallest absolute Gasteiger partial charge is 0.269 e. The molecule has 156 valence electrons. The van der Waals surface area contributed by atoms with Crippen molar-refractivity contribution in [3.05, 3.63) is 70.8 Å². The van der Waals surface area contributed by atoms with Gasteiger partial charge in [-0.2, -0.15) is 5.10 Å². The first-order valence-corrected chi connectivity index (χ1v) is 10.1. The number of nitrogens with one attached hydrogen (secondary N) is 1. The van der Waals surface area contributed by atoms with Crippen molar-refractivity contribution in [1.82, 2.24) is 20.1 Å². The number of rotatable bonds is 8. The van der Waals surface area contributed by atoms with Gasteiger partial charge in [0.05, 0.1) is 12.8 Å². The number of pyridine rings is 1. The molecule has 0 aliphatic heterocycles. The molecule has 1 fully saturated rings. The summed E-state index contributed by atoms with van der Waals surface area (Å²) in [5.41, 5.74) is 4.35. The van der Waals surface area contributed by atoms with Crippen molar-refractivity contribution in [3.8, 4) is 11.5 Å². The second-order valence-corrected chi connectivity index (χ2v) is 7.58. The van der Waals surface area contributed by atoms with Gasteiger partial charge in [0.25, 0.3) is 5.91 Å². The molecular weight excluding hydrogens is 380 g/mol. The van der Waals surface area contributed by atoms with E-state index in [2.05, 4.69) is 15.4 Å². The largest absolute Gasteiger partial charge is 0.493 e. The van der Waals surface area contributed by atoms with E-state index in [4.69, 9.17) is 9.47 Å². The summed E-state index contributed by atoms with van der Waals surface area (Å²) in [6, 6.07) is 11.5. The fraction of sp³-hybridized carbons (Fsp3) is 0.348. The van der Waals surface area contributed by atoms with Crippen molar-refractivity contribution >= 4 is 5.91 Å². The Morgan fingerprint density at radius 1 is 1.27 bits per heavy atom. The molecule has 0 spiro atoms. The number of methoxy groups -OCH3 is 1. The zero-order chi connectivity index (χ0) is 21.1. The van der Waals surface area contributed by atoms with Gasteiger partial charge in [0, 0.05) is 42.5 Å². The first-order valence-electron chi connectivity index (χ1n) is 10.1. The Bertz CT molecular complexity index is 1040. The molecule has 1 N–H and O–H groups in total. The van der Waals surface area contributed by atoms with E-state index in [9.17, 15) is 4.79 Å². The molecule has 30 heavy (non-hydrogen) atoms. The van der Waals surface area contributed by atoms with Crippen molar-refractivity contribution in [3.63, 3.8) is 0 Å². The van der Waals surface area contributed by atoms with E-state index in [-0.39, 0.29) is 5.91 Å². The van der Waals surface area contributed by atoms with Crippen molar-refractivity contribution in [2.75, 3.05) is 7.11 Å². The first-order chi connectivity index (χ1) is 14.5. The minimum atomic E-state index is -0.156. The number of aryl methyl sites for hydroxylation is 2. The zero-order valence-electron chi connectivity index (χ0n) is 17.5. The molecular formula is C23H26N4O3. The molecule has 0 bridgehead atoms. The quantitative estimate of drug-likeness (QED) is 0.619.